The van der Waals surface area contributed by atoms with Crippen LogP contribution in [0, 0.1) is 0 Å². The molecule has 0 aromatic heterocycles. The van der Waals surface area contributed by atoms with Gasteiger partial charge in [-0.25, -0.2) is 0 Å². The Morgan fingerprint density at radius 1 is 0.833 bits per heavy atom. The lowest BCUT2D eigenvalue weighted by Gasteiger charge is -1.96. The van der Waals surface area contributed by atoms with Crippen LogP contribution in [0.3, 0.4) is 0 Å². The van der Waals surface area contributed by atoms with E-state index >= 15 is 0 Å². The van der Waals surface area contributed by atoms with Gasteiger partial charge in [-0.05, 0) is 0 Å². The fraction of sp³-hybridized carbons (Fsp3) is 1.00. The highest BCUT2D eigenvalue weighted by molar-refractivity contribution is 4.43. The molecule has 0 rings (SSSR count). The van der Waals surface area contributed by atoms with Crippen molar-refractivity contribution in [2.45, 2.75) is 6.10 Å². The van der Waals surface area contributed by atoms with Crippen LogP contribution in [-0.4, -0.2) is 70.3 Å². The molecule has 0 spiro atoms. The van der Waals surface area contributed by atoms with E-state index in [9.17, 15) is 0 Å². The summed E-state index contributed by atoms with van der Waals surface area (Å²) in [5.41, 5.74) is 0. The molecule has 0 aromatic carbocycles. The Hall–Kier alpha value is -0.240. The molecular weight excluding hydrogens is 168 g/mol. The predicted molar refractivity (Wildman–Crippen MR) is 42.5 cm³/mol. The van der Waals surface area contributed by atoms with Gasteiger partial charge >= 0.3 is 0 Å². The lowest BCUT2D eigenvalue weighted by molar-refractivity contribution is 0.0450. The molecule has 0 radical (unpaired) electrons. The maximum absolute atomic E-state index is 8.17. The zero-order chi connectivity index (χ0) is 10.4. The number of aliphatic hydroxyl groups excluding tert-OH is 6. The van der Waals surface area contributed by atoms with E-state index in [0.29, 0.717) is 0 Å². The van der Waals surface area contributed by atoms with Crippen molar-refractivity contribution in [3.8, 4) is 0 Å². The standard InChI is InChI=1S/C3H8O3.C2H6O2.CH4O/c4-1-3(6)2-5;3-1-2-4;1-2/h3-6H,1-2H2;3-4H,1-2H2;2H,1H3. The molecular formula is C6H18O6. The van der Waals surface area contributed by atoms with Gasteiger partial charge in [-0.15, -0.1) is 0 Å². The lowest BCUT2D eigenvalue weighted by atomic mass is 10.4. The lowest BCUT2D eigenvalue weighted by Crippen LogP contribution is -2.15. The third-order valence-corrected chi connectivity index (χ3v) is 0.521. The largest absolute Gasteiger partial charge is 0.400 e. The monoisotopic (exact) mass is 186 g/mol. The Morgan fingerprint density at radius 3 is 1.08 bits per heavy atom. The fourth-order valence-electron chi connectivity index (χ4n) is 0.0577. The minimum absolute atomic E-state index is 0.125. The second-order valence-corrected chi connectivity index (χ2v) is 1.47. The highest BCUT2D eigenvalue weighted by Gasteiger charge is 1.93. The van der Waals surface area contributed by atoms with Gasteiger partial charge in [0.2, 0.25) is 0 Å². The van der Waals surface area contributed by atoms with Gasteiger partial charge in [-0.3, -0.25) is 0 Å². The maximum atomic E-state index is 8.17. The van der Waals surface area contributed by atoms with Crippen LogP contribution in [0.25, 0.3) is 0 Å². The van der Waals surface area contributed by atoms with Crippen molar-refractivity contribution in [1.29, 1.82) is 0 Å². The molecule has 0 unspecified atom stereocenters. The van der Waals surface area contributed by atoms with E-state index < -0.39 is 6.10 Å². The van der Waals surface area contributed by atoms with Gasteiger partial charge in [-0.2, -0.15) is 0 Å². The van der Waals surface area contributed by atoms with Gasteiger partial charge in [0, 0.05) is 7.11 Å². The van der Waals surface area contributed by atoms with Crippen LogP contribution in [0.1, 0.15) is 0 Å². The molecule has 0 aromatic rings. The van der Waals surface area contributed by atoms with E-state index in [-0.39, 0.29) is 26.4 Å². The normalized spacial score (nSPS) is 8.00. The third kappa shape index (κ3) is 33.1. The molecule has 6 nitrogen and oxygen atoms in total. The van der Waals surface area contributed by atoms with Crippen molar-refractivity contribution in [1.82, 2.24) is 0 Å². The highest BCUT2D eigenvalue weighted by Crippen LogP contribution is 1.71. The quantitative estimate of drug-likeness (QED) is 0.278. The Bertz CT molecular complexity index is 45.3. The van der Waals surface area contributed by atoms with E-state index in [2.05, 4.69) is 0 Å². The predicted octanol–water partition coefficient (Wildman–Crippen LogP) is -3.09. The summed E-state index contributed by atoms with van der Waals surface area (Å²) in [5.74, 6) is 0. The number of hydrogen-bond acceptors (Lipinski definition) is 6. The highest BCUT2D eigenvalue weighted by atomic mass is 16.3. The molecule has 0 saturated carbocycles. The van der Waals surface area contributed by atoms with Crippen molar-refractivity contribution < 1.29 is 30.6 Å². The van der Waals surface area contributed by atoms with Crippen LogP contribution in [0.5, 0.6) is 0 Å². The maximum Gasteiger partial charge on any atom is 0.100 e. The molecule has 0 atom stereocenters. The van der Waals surface area contributed by atoms with Gasteiger partial charge in [-0.1, -0.05) is 0 Å². The Morgan fingerprint density at radius 2 is 1.08 bits per heavy atom. The Kier molecular flexibility index (Phi) is 33.2. The van der Waals surface area contributed by atoms with Gasteiger partial charge in [0.1, 0.15) is 6.10 Å². The average Bonchev–Trinajstić information content (AvgIpc) is 2.20. The topological polar surface area (TPSA) is 121 Å². The van der Waals surface area contributed by atoms with Crippen LogP contribution in [-0.2, 0) is 0 Å². The zero-order valence-electron chi connectivity index (χ0n) is 7.09. The summed E-state index contributed by atoms with van der Waals surface area (Å²) in [4.78, 5) is 0. The third-order valence-electron chi connectivity index (χ3n) is 0.521. The molecule has 0 aliphatic heterocycles. The van der Waals surface area contributed by atoms with Crippen LogP contribution in [0.15, 0.2) is 0 Å². The van der Waals surface area contributed by atoms with Crippen LogP contribution >= 0.6 is 0 Å². The molecule has 0 bridgehead atoms. The minimum atomic E-state index is -0.954. The van der Waals surface area contributed by atoms with Crippen LogP contribution in [0.2, 0.25) is 0 Å². The molecule has 0 saturated heterocycles. The first-order valence-corrected chi connectivity index (χ1v) is 3.29. The molecule has 0 aliphatic rings. The smallest absolute Gasteiger partial charge is 0.100 e. The van der Waals surface area contributed by atoms with Crippen molar-refractivity contribution in [2.24, 2.45) is 0 Å². The Labute approximate surface area is 71.3 Å². The zero-order valence-corrected chi connectivity index (χ0v) is 7.09. The van der Waals surface area contributed by atoms with Gasteiger partial charge < -0.3 is 30.6 Å². The average molecular weight is 186 g/mol. The molecule has 78 valence electrons. The molecule has 0 amide bonds. The summed E-state index contributed by atoms with van der Waals surface area (Å²) in [6, 6.07) is 0. The van der Waals surface area contributed by atoms with Crippen molar-refractivity contribution in [3.05, 3.63) is 0 Å². The molecule has 0 fully saturated rings. The number of hydrogen-bond donors (Lipinski definition) is 6. The first-order valence-electron chi connectivity index (χ1n) is 3.29. The Balaban J connectivity index is -0.000000118. The van der Waals surface area contributed by atoms with Crippen molar-refractivity contribution in [2.75, 3.05) is 33.5 Å². The summed E-state index contributed by atoms with van der Waals surface area (Å²) in [6.45, 7) is -0.979. The van der Waals surface area contributed by atoms with E-state index in [1.165, 1.54) is 0 Å². The summed E-state index contributed by atoms with van der Waals surface area (Å²) in [7, 11) is 1.00. The second-order valence-electron chi connectivity index (χ2n) is 1.47. The molecule has 12 heavy (non-hydrogen) atoms. The molecule has 6 N–H and O–H groups in total. The van der Waals surface area contributed by atoms with E-state index in [0.717, 1.165) is 7.11 Å². The second kappa shape index (κ2) is 22.4. The first kappa shape index (κ1) is 17.7. The van der Waals surface area contributed by atoms with Gasteiger partial charge in [0.25, 0.3) is 0 Å². The van der Waals surface area contributed by atoms with Gasteiger partial charge in [0.05, 0.1) is 26.4 Å². The van der Waals surface area contributed by atoms with Gasteiger partial charge in [0.15, 0.2) is 0 Å². The molecule has 0 aliphatic carbocycles. The van der Waals surface area contributed by atoms with E-state index in [4.69, 9.17) is 30.6 Å². The SMILES string of the molecule is CO.OCC(O)CO.OCCO. The first-order chi connectivity index (χ1) is 5.72. The minimum Gasteiger partial charge on any atom is -0.400 e. The molecule has 0 heterocycles. The van der Waals surface area contributed by atoms with E-state index in [1.807, 2.05) is 0 Å². The van der Waals surface area contributed by atoms with Crippen LogP contribution in [0.4, 0.5) is 0 Å². The number of aliphatic hydroxyl groups is 6. The summed E-state index contributed by atoms with van der Waals surface area (Å²) in [5, 5.41) is 46.3. The fourth-order valence-corrected chi connectivity index (χ4v) is 0.0577. The molecule has 6 heteroatoms. The van der Waals surface area contributed by atoms with Crippen molar-refractivity contribution in [3.63, 3.8) is 0 Å². The van der Waals surface area contributed by atoms with E-state index in [1.54, 1.807) is 0 Å². The van der Waals surface area contributed by atoms with Crippen molar-refractivity contribution >= 4 is 0 Å². The number of rotatable bonds is 3. The summed E-state index contributed by atoms with van der Waals surface area (Å²) in [6.07, 6.45) is -0.954. The summed E-state index contributed by atoms with van der Waals surface area (Å²) >= 11 is 0. The van der Waals surface area contributed by atoms with Crippen LogP contribution < -0.4 is 0 Å². The summed E-state index contributed by atoms with van der Waals surface area (Å²) < 4.78 is 0.